The summed E-state index contributed by atoms with van der Waals surface area (Å²) >= 11 is 0. The van der Waals surface area contributed by atoms with Gasteiger partial charge >= 0.3 is 0 Å². The van der Waals surface area contributed by atoms with Gasteiger partial charge < -0.3 is 14.6 Å². The molecule has 33 heavy (non-hydrogen) atoms. The molecule has 3 aliphatic rings. The van der Waals surface area contributed by atoms with Gasteiger partial charge in [-0.1, -0.05) is 12.8 Å². The molecule has 2 amide bonds. The quantitative estimate of drug-likeness (QED) is 0.557. The lowest BCUT2D eigenvalue weighted by Gasteiger charge is -2.19. The van der Waals surface area contributed by atoms with E-state index in [1.165, 1.54) is 12.1 Å². The lowest BCUT2D eigenvalue weighted by Crippen LogP contribution is -2.32. The maximum Gasteiger partial charge on any atom is 0.233 e. The zero-order valence-corrected chi connectivity index (χ0v) is 18.8. The van der Waals surface area contributed by atoms with Gasteiger partial charge in [-0.3, -0.25) is 14.5 Å². The molecule has 0 unspecified atom stereocenters. The van der Waals surface area contributed by atoms with Crippen LogP contribution in [0.4, 0.5) is 0 Å². The Morgan fingerprint density at radius 1 is 1.06 bits per heavy atom. The van der Waals surface area contributed by atoms with E-state index in [0.29, 0.717) is 31.7 Å². The maximum absolute atomic E-state index is 13.1. The second-order valence-electron chi connectivity index (χ2n) is 9.20. The molecule has 0 radical (unpaired) electrons. The number of likely N-dealkylation sites (N-methyl/N-ethyl adjacent to an activating group) is 1. The summed E-state index contributed by atoms with van der Waals surface area (Å²) in [5.41, 5.74) is 1.69. The zero-order valence-electron chi connectivity index (χ0n) is 28.8. The van der Waals surface area contributed by atoms with Gasteiger partial charge in [0.25, 0.3) is 0 Å². The monoisotopic (exact) mass is 461 g/mol. The molecule has 1 aromatic carbocycles. The van der Waals surface area contributed by atoms with Gasteiger partial charge in [0.15, 0.2) is 0 Å². The molecule has 1 saturated carbocycles. The van der Waals surface area contributed by atoms with Crippen molar-refractivity contribution >= 4 is 22.7 Å². The van der Waals surface area contributed by atoms with Crippen LogP contribution in [0.15, 0.2) is 24.4 Å². The number of fused-ring (bicyclic) bond motifs is 2. The molecular weight excluding hydrogens is 414 g/mol. The number of nitrogens with zero attached hydrogens (tertiary/aromatic N) is 2. The molecule has 1 N–H and O–H groups in total. The molecule has 2 aromatic rings. The van der Waals surface area contributed by atoms with E-state index in [0.717, 1.165) is 42.3 Å². The van der Waals surface area contributed by atoms with Gasteiger partial charge in [0, 0.05) is 40.6 Å². The summed E-state index contributed by atoms with van der Waals surface area (Å²) in [6.07, 6.45) is -5.03. The van der Waals surface area contributed by atoms with Crippen LogP contribution in [-0.2, 0) is 16.0 Å². The predicted molar refractivity (Wildman–Crippen MR) is 129 cm³/mol. The summed E-state index contributed by atoms with van der Waals surface area (Å²) < 4.78 is 90.2. The number of carbonyl (C=O) groups excluding carboxylic acids is 2. The van der Waals surface area contributed by atoms with E-state index in [4.69, 9.17) is 18.4 Å². The molecule has 0 spiro atoms. The van der Waals surface area contributed by atoms with E-state index in [1.54, 1.807) is 6.07 Å². The highest BCUT2D eigenvalue weighted by atomic mass is 16.5. The zero-order chi connectivity index (χ0) is 31.8. The fraction of sp³-hybridized carbons (Fsp3) is 0.630. The Morgan fingerprint density at radius 2 is 1.85 bits per heavy atom. The Kier molecular flexibility index (Phi) is 4.05. The van der Waals surface area contributed by atoms with Crippen molar-refractivity contribution < 1.29 is 28.0 Å². The highest BCUT2D eigenvalue weighted by Gasteiger charge is 2.47. The fourth-order valence-corrected chi connectivity index (χ4v) is 5.38. The first kappa shape index (κ1) is 13.5. The van der Waals surface area contributed by atoms with Gasteiger partial charge in [-0.05, 0) is 88.6 Å². The van der Waals surface area contributed by atoms with Crippen LogP contribution in [0, 0.1) is 11.8 Å². The second kappa shape index (κ2) is 9.88. The Morgan fingerprint density at radius 3 is 2.58 bits per heavy atom. The average Bonchev–Trinajstić information content (AvgIpc) is 3.60. The van der Waals surface area contributed by atoms with Gasteiger partial charge in [-0.2, -0.15) is 0 Å². The molecule has 2 aliphatic heterocycles. The number of aromatic nitrogens is 1. The van der Waals surface area contributed by atoms with Crippen LogP contribution in [0.25, 0.3) is 10.9 Å². The first-order valence-corrected chi connectivity index (χ1v) is 11.7. The molecule has 3 fully saturated rings. The number of carbonyl (C=O) groups is 2. The lowest BCUT2D eigenvalue weighted by molar-refractivity contribution is -0.139. The molecule has 178 valence electrons. The minimum Gasteiger partial charge on any atom is -0.494 e. The minimum absolute atomic E-state index is 0.0983. The summed E-state index contributed by atoms with van der Waals surface area (Å²) in [6, 6.07) is 4.84. The number of ether oxygens (including phenoxy) is 1. The highest BCUT2D eigenvalue weighted by molar-refractivity contribution is 6.05. The standard InChI is InChI=1S/C27H37N3O3/c1-29-13-7-8-20(29)16-19-18-28-25-12-11-21(17-24(19)25)33-15-6-2-5-14-30-26(31)22-9-3-4-10-23(22)27(30)32/h11-12,17-18,20,22-23,28H,2-10,13-16H2,1H3/t20-,22-,23+/m1/s1/i2D2,5D2,6D2,14D2,15D2. The van der Waals surface area contributed by atoms with E-state index < -0.39 is 55.8 Å². The fourth-order valence-electron chi connectivity index (χ4n) is 5.38. The van der Waals surface area contributed by atoms with E-state index in [-0.39, 0.29) is 10.6 Å². The molecule has 3 heterocycles. The smallest absolute Gasteiger partial charge is 0.233 e. The largest absolute Gasteiger partial charge is 0.494 e. The van der Waals surface area contributed by atoms with Crippen molar-refractivity contribution in [1.82, 2.24) is 14.8 Å². The molecule has 6 heteroatoms. The number of benzene rings is 1. The van der Waals surface area contributed by atoms with Crippen LogP contribution >= 0.6 is 0 Å². The van der Waals surface area contributed by atoms with Gasteiger partial charge in [-0.15, -0.1) is 0 Å². The Bertz CT molecular complexity index is 1390. The molecule has 0 bridgehead atoms. The van der Waals surface area contributed by atoms with Crippen molar-refractivity contribution in [1.29, 1.82) is 0 Å². The number of likely N-dealkylation sites (tertiary alicyclic amines) is 2. The Labute approximate surface area is 210 Å². The highest BCUT2D eigenvalue weighted by Crippen LogP contribution is 2.38. The molecule has 1 aliphatic carbocycles. The molecule has 5 rings (SSSR count). The van der Waals surface area contributed by atoms with Gasteiger partial charge in [0.05, 0.1) is 21.1 Å². The van der Waals surface area contributed by atoms with Gasteiger partial charge in [0.2, 0.25) is 11.8 Å². The number of H-pyrrole nitrogens is 1. The Balaban J connectivity index is 1.42. The van der Waals surface area contributed by atoms with Crippen LogP contribution in [-0.4, -0.2) is 59.3 Å². The molecular formula is C27H37N3O3. The number of hydrogen-bond acceptors (Lipinski definition) is 4. The van der Waals surface area contributed by atoms with E-state index in [9.17, 15) is 9.59 Å². The number of nitrogens with one attached hydrogen (secondary N) is 1. The summed E-state index contributed by atoms with van der Waals surface area (Å²) in [5, 5.41) is 0.719. The van der Waals surface area contributed by atoms with Crippen LogP contribution in [0.3, 0.4) is 0 Å². The van der Waals surface area contributed by atoms with Crippen molar-refractivity contribution in [2.24, 2.45) is 11.8 Å². The van der Waals surface area contributed by atoms with E-state index >= 15 is 0 Å². The van der Waals surface area contributed by atoms with E-state index in [1.807, 2.05) is 6.20 Å². The molecule has 3 atom stereocenters. The average molecular weight is 462 g/mol. The van der Waals surface area contributed by atoms with Crippen molar-refractivity contribution in [2.45, 2.75) is 70.1 Å². The third-order valence-electron chi connectivity index (χ3n) is 7.22. The van der Waals surface area contributed by atoms with Gasteiger partial charge in [0.1, 0.15) is 5.75 Å². The van der Waals surface area contributed by atoms with Crippen LogP contribution in [0.5, 0.6) is 5.75 Å². The number of hydrogen-bond donors (Lipinski definition) is 1. The lowest BCUT2D eigenvalue weighted by atomic mass is 9.81. The molecule has 6 nitrogen and oxygen atoms in total. The summed E-state index contributed by atoms with van der Waals surface area (Å²) in [5.74, 6) is -3.73. The summed E-state index contributed by atoms with van der Waals surface area (Å²) in [4.78, 5) is 31.7. The topological polar surface area (TPSA) is 65.6 Å². The van der Waals surface area contributed by atoms with Crippen LogP contribution in [0.2, 0.25) is 0 Å². The molecule has 2 saturated heterocycles. The second-order valence-corrected chi connectivity index (χ2v) is 9.20. The Hall–Kier alpha value is -2.34. The van der Waals surface area contributed by atoms with Crippen LogP contribution in [0.1, 0.15) is 76.9 Å². The van der Waals surface area contributed by atoms with E-state index in [2.05, 4.69) is 16.9 Å². The SMILES string of the molecule is [2H]C([2H])(Oc1ccc2[nH]cc(C[C@H]3CCCN3C)c2c1)C([2H])([2H])C([2H])([2H])C([2H])([2H])C([2H])([2H])N1C(=O)[C@H]2CCCC[C@H]2C1=O. The number of aromatic amines is 1. The minimum atomic E-state index is -3.93. The van der Waals surface area contributed by atoms with Gasteiger partial charge in [-0.25, -0.2) is 0 Å². The van der Waals surface area contributed by atoms with Crippen LogP contribution < -0.4 is 4.74 Å². The van der Waals surface area contributed by atoms with Crippen molar-refractivity contribution in [3.8, 4) is 5.75 Å². The third kappa shape index (κ3) is 4.68. The molecule has 1 aromatic heterocycles. The summed E-state index contributed by atoms with van der Waals surface area (Å²) in [6.45, 7) is -6.15. The van der Waals surface area contributed by atoms with Crippen molar-refractivity contribution in [3.63, 3.8) is 0 Å². The first-order chi connectivity index (χ1) is 19.8. The number of imide groups is 1. The number of amides is 2. The number of rotatable bonds is 9. The summed E-state index contributed by atoms with van der Waals surface area (Å²) in [7, 11) is 2.05. The van der Waals surface area contributed by atoms with Crippen molar-refractivity contribution in [3.05, 3.63) is 30.0 Å². The first-order valence-electron chi connectivity index (χ1n) is 16.7. The maximum atomic E-state index is 13.1. The third-order valence-corrected chi connectivity index (χ3v) is 7.22. The predicted octanol–water partition coefficient (Wildman–Crippen LogP) is 4.53. The van der Waals surface area contributed by atoms with Crippen molar-refractivity contribution in [2.75, 3.05) is 26.6 Å². The normalized spacial score (nSPS) is 32.5.